The third-order valence-corrected chi connectivity index (χ3v) is 9.72. The van der Waals surface area contributed by atoms with Crippen LogP contribution in [0.2, 0.25) is 0 Å². The predicted molar refractivity (Wildman–Crippen MR) is 210 cm³/mol. The standard InChI is InChI=1S/C42H86N2O5/c1-8-10-12-14-16-18-20-22-24-26-28-30-33-43-39(37-47-34-31-29-27-25-23-21-19-17-15-13-11-9-2)36-44-40(45)48-35-32-41(3,4)49-38-42(5,6)46-7/h39,43H,8-38H2,1-7H3,(H,44,45). The molecule has 0 radical (unpaired) electrons. The highest BCUT2D eigenvalue weighted by Crippen LogP contribution is 2.19. The van der Waals surface area contributed by atoms with Crippen LogP contribution in [0.15, 0.2) is 0 Å². The summed E-state index contributed by atoms with van der Waals surface area (Å²) in [7, 11) is 1.69. The summed E-state index contributed by atoms with van der Waals surface area (Å²) >= 11 is 0. The number of unbranched alkanes of at least 4 members (excludes halogenated alkanes) is 22. The summed E-state index contributed by atoms with van der Waals surface area (Å²) in [5, 5.41) is 6.61. The van der Waals surface area contributed by atoms with Gasteiger partial charge in [-0.3, -0.25) is 0 Å². The maximum absolute atomic E-state index is 12.5. The Bertz CT molecular complexity index is 703. The Hall–Kier alpha value is -0.890. The number of carbonyl (C=O) groups is 1. The Morgan fingerprint density at radius 1 is 0.592 bits per heavy atom. The van der Waals surface area contributed by atoms with Crippen molar-refractivity contribution in [1.82, 2.24) is 10.6 Å². The first-order valence-electron chi connectivity index (χ1n) is 21.1. The van der Waals surface area contributed by atoms with Crippen molar-refractivity contribution in [2.45, 2.75) is 219 Å². The van der Waals surface area contributed by atoms with Crippen molar-refractivity contribution < 1.29 is 23.7 Å². The molecular weight excluding hydrogens is 612 g/mol. The lowest BCUT2D eigenvalue weighted by atomic mass is 10.1. The summed E-state index contributed by atoms with van der Waals surface area (Å²) in [5.74, 6) is 0. The minimum Gasteiger partial charge on any atom is -0.449 e. The van der Waals surface area contributed by atoms with Crippen molar-refractivity contribution in [3.05, 3.63) is 0 Å². The molecule has 1 amide bonds. The Morgan fingerprint density at radius 2 is 1.04 bits per heavy atom. The van der Waals surface area contributed by atoms with Crippen LogP contribution < -0.4 is 10.6 Å². The number of rotatable bonds is 38. The van der Waals surface area contributed by atoms with Crippen molar-refractivity contribution in [3.8, 4) is 0 Å². The van der Waals surface area contributed by atoms with E-state index in [1.807, 2.05) is 27.7 Å². The van der Waals surface area contributed by atoms with Crippen LogP contribution in [0, 0.1) is 0 Å². The van der Waals surface area contributed by atoms with E-state index in [1.165, 1.54) is 141 Å². The highest BCUT2D eigenvalue weighted by molar-refractivity contribution is 5.67. The van der Waals surface area contributed by atoms with E-state index in [4.69, 9.17) is 18.9 Å². The number of nitrogens with one attached hydrogen (secondary N) is 2. The van der Waals surface area contributed by atoms with Gasteiger partial charge in [0, 0.05) is 32.7 Å². The molecule has 0 heterocycles. The molecule has 0 aromatic heterocycles. The van der Waals surface area contributed by atoms with Gasteiger partial charge in [-0.15, -0.1) is 0 Å². The van der Waals surface area contributed by atoms with Gasteiger partial charge in [0.15, 0.2) is 0 Å². The van der Waals surface area contributed by atoms with Crippen LogP contribution in [0.1, 0.15) is 202 Å². The SMILES string of the molecule is CCCCCCCCCCCCCCNC(CNC(=O)OCCC(C)(C)OCC(C)(C)OC)COCCCCCCCCCCCCCC. The molecule has 0 saturated heterocycles. The van der Waals surface area contributed by atoms with E-state index in [0.717, 1.165) is 26.0 Å². The summed E-state index contributed by atoms with van der Waals surface area (Å²) in [6.45, 7) is 16.2. The van der Waals surface area contributed by atoms with Crippen LogP contribution >= 0.6 is 0 Å². The van der Waals surface area contributed by atoms with Crippen LogP contribution in [0.3, 0.4) is 0 Å². The fourth-order valence-corrected chi connectivity index (χ4v) is 5.88. The first-order chi connectivity index (χ1) is 23.7. The minimum absolute atomic E-state index is 0.0774. The number of carbonyl (C=O) groups excluding carboxylic acids is 1. The largest absolute Gasteiger partial charge is 0.449 e. The molecule has 0 spiro atoms. The number of alkyl carbamates (subject to hydrolysis) is 1. The van der Waals surface area contributed by atoms with Crippen LogP contribution in [0.25, 0.3) is 0 Å². The molecule has 2 N–H and O–H groups in total. The lowest BCUT2D eigenvalue weighted by Crippen LogP contribution is -2.44. The normalized spacial score (nSPS) is 12.8. The Morgan fingerprint density at radius 3 is 1.51 bits per heavy atom. The molecule has 1 unspecified atom stereocenters. The Labute approximate surface area is 305 Å². The molecule has 0 rings (SSSR count). The molecule has 1 atom stereocenters. The molecule has 294 valence electrons. The fraction of sp³-hybridized carbons (Fsp3) is 0.976. The van der Waals surface area contributed by atoms with Gasteiger partial charge in [-0.05, 0) is 47.1 Å². The van der Waals surface area contributed by atoms with Gasteiger partial charge >= 0.3 is 6.09 Å². The number of hydrogen-bond donors (Lipinski definition) is 2. The molecule has 0 fully saturated rings. The van der Waals surface area contributed by atoms with Gasteiger partial charge in [-0.1, -0.05) is 155 Å². The molecule has 0 aromatic carbocycles. The molecule has 0 aliphatic rings. The minimum atomic E-state index is -0.407. The summed E-state index contributed by atoms with van der Waals surface area (Å²) in [6.07, 6.45) is 32.6. The number of ether oxygens (including phenoxy) is 4. The molecule has 0 saturated carbocycles. The van der Waals surface area contributed by atoms with Crippen molar-refractivity contribution in [3.63, 3.8) is 0 Å². The lowest BCUT2D eigenvalue weighted by molar-refractivity contribution is -0.112. The summed E-state index contributed by atoms with van der Waals surface area (Å²) in [4.78, 5) is 12.5. The van der Waals surface area contributed by atoms with Crippen molar-refractivity contribution in [2.24, 2.45) is 0 Å². The zero-order valence-corrected chi connectivity index (χ0v) is 34.0. The fourth-order valence-electron chi connectivity index (χ4n) is 5.88. The van der Waals surface area contributed by atoms with E-state index >= 15 is 0 Å². The summed E-state index contributed by atoms with van der Waals surface area (Å²) in [6, 6.07) is 0.0774. The molecule has 0 aromatic rings. The van der Waals surface area contributed by atoms with E-state index < -0.39 is 5.60 Å². The van der Waals surface area contributed by atoms with Gasteiger partial charge in [-0.25, -0.2) is 4.79 Å². The zero-order chi connectivity index (χ0) is 36.3. The maximum atomic E-state index is 12.5. The Kier molecular flexibility index (Phi) is 33.6. The molecular formula is C42H86N2O5. The maximum Gasteiger partial charge on any atom is 0.407 e. The first-order valence-corrected chi connectivity index (χ1v) is 21.1. The van der Waals surface area contributed by atoms with Crippen LogP contribution in [-0.2, 0) is 18.9 Å². The van der Waals surface area contributed by atoms with Gasteiger partial charge in [0.1, 0.15) is 0 Å². The molecule has 7 nitrogen and oxygen atoms in total. The van der Waals surface area contributed by atoms with Gasteiger partial charge in [0.25, 0.3) is 0 Å². The monoisotopic (exact) mass is 699 g/mol. The van der Waals surface area contributed by atoms with Crippen LogP contribution in [0.5, 0.6) is 0 Å². The average Bonchev–Trinajstić information content (AvgIpc) is 3.08. The zero-order valence-electron chi connectivity index (χ0n) is 34.0. The first kappa shape index (κ1) is 48.1. The van der Waals surface area contributed by atoms with Gasteiger partial charge in [0.05, 0.1) is 31.0 Å². The van der Waals surface area contributed by atoms with Gasteiger partial charge in [0.2, 0.25) is 0 Å². The molecule has 0 bridgehead atoms. The van der Waals surface area contributed by atoms with Crippen molar-refractivity contribution in [1.29, 1.82) is 0 Å². The number of methoxy groups -OCH3 is 1. The predicted octanol–water partition coefficient (Wildman–Crippen LogP) is 11.7. The van der Waals surface area contributed by atoms with E-state index in [-0.39, 0.29) is 17.7 Å². The van der Waals surface area contributed by atoms with Gasteiger partial charge < -0.3 is 29.6 Å². The molecule has 7 heteroatoms. The van der Waals surface area contributed by atoms with E-state index in [1.54, 1.807) is 7.11 Å². The van der Waals surface area contributed by atoms with Crippen LogP contribution in [-0.4, -0.2) is 70.0 Å². The van der Waals surface area contributed by atoms with E-state index in [9.17, 15) is 4.79 Å². The average molecular weight is 699 g/mol. The topological polar surface area (TPSA) is 78.1 Å². The summed E-state index contributed by atoms with van der Waals surface area (Å²) in [5.41, 5.74) is -0.754. The van der Waals surface area contributed by atoms with E-state index in [0.29, 0.717) is 32.8 Å². The Balaban J connectivity index is 4.28. The third-order valence-electron chi connectivity index (χ3n) is 9.72. The molecule has 49 heavy (non-hydrogen) atoms. The highest BCUT2D eigenvalue weighted by Gasteiger charge is 2.25. The van der Waals surface area contributed by atoms with Crippen LogP contribution in [0.4, 0.5) is 4.79 Å². The lowest BCUT2D eigenvalue weighted by Gasteiger charge is -2.31. The highest BCUT2D eigenvalue weighted by atomic mass is 16.6. The third kappa shape index (κ3) is 35.3. The second kappa shape index (κ2) is 34.2. The second-order valence-corrected chi connectivity index (χ2v) is 15.8. The quantitative estimate of drug-likeness (QED) is 0.0625. The van der Waals surface area contributed by atoms with Crippen molar-refractivity contribution in [2.75, 3.05) is 46.6 Å². The van der Waals surface area contributed by atoms with Crippen molar-refractivity contribution >= 4 is 6.09 Å². The summed E-state index contributed by atoms with van der Waals surface area (Å²) < 4.78 is 23.1. The second-order valence-electron chi connectivity index (χ2n) is 15.8. The van der Waals surface area contributed by atoms with Gasteiger partial charge in [-0.2, -0.15) is 0 Å². The number of amides is 1. The smallest absolute Gasteiger partial charge is 0.407 e. The molecule has 0 aliphatic carbocycles. The van der Waals surface area contributed by atoms with E-state index in [2.05, 4.69) is 24.5 Å². The molecule has 0 aliphatic heterocycles. The number of hydrogen-bond acceptors (Lipinski definition) is 6.